The maximum atomic E-state index is 11.0. The smallest absolute Gasteiger partial charge is 0.290 e. The maximum absolute atomic E-state index is 11.0. The summed E-state index contributed by atoms with van der Waals surface area (Å²) >= 11 is 1.41. The van der Waals surface area contributed by atoms with E-state index in [1.807, 2.05) is 11.4 Å². The lowest BCUT2D eigenvalue weighted by atomic mass is 10.4. The zero-order chi connectivity index (χ0) is 9.26. The molecule has 2 aromatic rings. The van der Waals surface area contributed by atoms with Gasteiger partial charge in [-0.15, -0.1) is 11.3 Å². The molecule has 2 rings (SSSR count). The Morgan fingerprint density at radius 3 is 3.31 bits per heavy atom. The summed E-state index contributed by atoms with van der Waals surface area (Å²) in [5, 5.41) is 6.19. The molecular weight excluding hydrogens is 188 g/mol. The van der Waals surface area contributed by atoms with Crippen molar-refractivity contribution >= 4 is 34.1 Å². The zero-order valence-corrected chi connectivity index (χ0v) is 7.39. The quantitative estimate of drug-likeness (QED) is 0.553. The van der Waals surface area contributed by atoms with Crippen molar-refractivity contribution in [3.8, 4) is 0 Å². The Balaban J connectivity index is 2.76. The molecule has 0 radical (unpaired) electrons. The summed E-state index contributed by atoms with van der Waals surface area (Å²) in [7, 11) is 0. The van der Waals surface area contributed by atoms with Crippen molar-refractivity contribution < 1.29 is 0 Å². The van der Waals surface area contributed by atoms with Crippen LogP contribution in [0.25, 0.3) is 10.2 Å². The number of nitrogens with zero attached hydrogens (tertiary/aromatic N) is 2. The minimum atomic E-state index is -0.388. The van der Waals surface area contributed by atoms with Crippen LogP contribution in [-0.2, 0) is 0 Å². The lowest BCUT2D eigenvalue weighted by Crippen LogP contribution is -2.11. The molecule has 0 aliphatic heterocycles. The fourth-order valence-corrected chi connectivity index (χ4v) is 1.81. The molecular formula is C7H6N4OS. The third-order valence-electron chi connectivity index (χ3n) is 1.54. The summed E-state index contributed by atoms with van der Waals surface area (Å²) in [5.41, 5.74) is 2.21. The van der Waals surface area contributed by atoms with Crippen LogP contribution in [0.15, 0.2) is 21.3 Å². The molecule has 0 spiro atoms. The molecule has 0 fully saturated rings. The van der Waals surface area contributed by atoms with Crippen LogP contribution in [0.2, 0.25) is 0 Å². The average molecular weight is 194 g/mol. The van der Waals surface area contributed by atoms with Crippen molar-refractivity contribution in [1.82, 2.24) is 9.97 Å². The molecule has 2 heterocycles. The van der Waals surface area contributed by atoms with Gasteiger partial charge in [-0.25, -0.2) is 4.79 Å². The number of hydrogen-bond donors (Lipinski definition) is 2. The molecule has 0 atom stereocenters. The third kappa shape index (κ3) is 1.31. The van der Waals surface area contributed by atoms with Gasteiger partial charge in [0.2, 0.25) is 0 Å². The van der Waals surface area contributed by atoms with E-state index < -0.39 is 0 Å². The van der Waals surface area contributed by atoms with Gasteiger partial charge in [-0.3, -0.25) is 10.4 Å². The minimum Gasteiger partial charge on any atom is -0.290 e. The van der Waals surface area contributed by atoms with Gasteiger partial charge in [0.15, 0.2) is 0 Å². The Hall–Kier alpha value is -1.69. The molecule has 0 aromatic carbocycles. The van der Waals surface area contributed by atoms with Crippen LogP contribution in [0.5, 0.6) is 0 Å². The zero-order valence-electron chi connectivity index (χ0n) is 6.57. The molecule has 5 nitrogen and oxygen atoms in total. The fourth-order valence-electron chi connectivity index (χ4n) is 1.04. The Morgan fingerprint density at radius 2 is 2.54 bits per heavy atom. The number of aromatic nitrogens is 2. The van der Waals surface area contributed by atoms with E-state index in [1.54, 1.807) is 0 Å². The minimum absolute atomic E-state index is 0.388. The van der Waals surface area contributed by atoms with Crippen LogP contribution in [0, 0.1) is 0 Å². The summed E-state index contributed by atoms with van der Waals surface area (Å²) < 4.78 is 0. The van der Waals surface area contributed by atoms with E-state index in [4.69, 9.17) is 0 Å². The highest BCUT2D eigenvalue weighted by Gasteiger charge is 2.03. The summed E-state index contributed by atoms with van der Waals surface area (Å²) in [6.45, 7) is 3.28. The SMILES string of the molecule is C=NNc1[nH]c(=O)nc2sccc12. The van der Waals surface area contributed by atoms with Gasteiger partial charge in [-0.05, 0) is 11.4 Å². The number of fused-ring (bicyclic) bond motifs is 1. The van der Waals surface area contributed by atoms with Gasteiger partial charge in [-0.2, -0.15) is 10.1 Å². The second-order valence-electron chi connectivity index (χ2n) is 2.33. The summed E-state index contributed by atoms with van der Waals surface area (Å²) in [4.78, 5) is 18.0. The number of nitrogens with one attached hydrogen (secondary N) is 2. The van der Waals surface area contributed by atoms with E-state index in [2.05, 4.69) is 27.2 Å². The highest BCUT2D eigenvalue weighted by Crippen LogP contribution is 2.22. The van der Waals surface area contributed by atoms with E-state index in [0.29, 0.717) is 10.6 Å². The number of hydrazone groups is 1. The van der Waals surface area contributed by atoms with E-state index >= 15 is 0 Å². The first-order valence-electron chi connectivity index (χ1n) is 3.50. The molecule has 66 valence electrons. The standard InChI is InChI=1S/C7H6N4OS/c1-8-11-5-4-2-3-13-6(4)10-7(12)9-5/h2-3H,1H2,(H2,9,10,11,12). The number of thiophene rings is 1. The van der Waals surface area contributed by atoms with Crippen LogP contribution in [0.1, 0.15) is 0 Å². The molecule has 0 aliphatic carbocycles. The van der Waals surface area contributed by atoms with E-state index in [0.717, 1.165) is 5.39 Å². The molecule has 0 bridgehead atoms. The Morgan fingerprint density at radius 1 is 1.69 bits per heavy atom. The van der Waals surface area contributed by atoms with Crippen molar-refractivity contribution in [3.05, 3.63) is 21.9 Å². The van der Waals surface area contributed by atoms with Crippen LogP contribution in [-0.4, -0.2) is 16.7 Å². The first-order valence-corrected chi connectivity index (χ1v) is 4.38. The maximum Gasteiger partial charge on any atom is 0.347 e. The number of aromatic amines is 1. The van der Waals surface area contributed by atoms with Crippen molar-refractivity contribution in [2.24, 2.45) is 5.10 Å². The predicted octanol–water partition coefficient (Wildman–Crippen LogP) is 1.01. The molecule has 6 heteroatoms. The van der Waals surface area contributed by atoms with Gasteiger partial charge >= 0.3 is 5.69 Å². The summed E-state index contributed by atoms with van der Waals surface area (Å²) in [5.74, 6) is 0.534. The van der Waals surface area contributed by atoms with Gasteiger partial charge in [0.05, 0.1) is 5.39 Å². The third-order valence-corrected chi connectivity index (χ3v) is 2.35. The number of hydrogen-bond acceptors (Lipinski definition) is 5. The second-order valence-corrected chi connectivity index (χ2v) is 3.22. The van der Waals surface area contributed by atoms with Gasteiger partial charge in [0.25, 0.3) is 0 Å². The van der Waals surface area contributed by atoms with Crippen molar-refractivity contribution in [2.45, 2.75) is 0 Å². The summed E-state index contributed by atoms with van der Waals surface area (Å²) in [6, 6.07) is 1.86. The Bertz CT molecular complexity index is 500. The molecule has 0 aliphatic rings. The largest absolute Gasteiger partial charge is 0.347 e. The van der Waals surface area contributed by atoms with Gasteiger partial charge in [0.1, 0.15) is 10.6 Å². The molecule has 0 unspecified atom stereocenters. The van der Waals surface area contributed by atoms with Gasteiger partial charge < -0.3 is 0 Å². The predicted molar refractivity (Wildman–Crippen MR) is 53.4 cm³/mol. The lowest BCUT2D eigenvalue weighted by Gasteiger charge is -1.99. The number of H-pyrrole nitrogens is 1. The van der Waals surface area contributed by atoms with Crippen LogP contribution in [0.3, 0.4) is 0 Å². The van der Waals surface area contributed by atoms with Crippen LogP contribution >= 0.6 is 11.3 Å². The molecule has 2 N–H and O–H groups in total. The second kappa shape index (κ2) is 2.98. The molecule has 0 saturated heterocycles. The molecule has 2 aromatic heterocycles. The average Bonchev–Trinajstić information content (AvgIpc) is 2.52. The van der Waals surface area contributed by atoms with E-state index in [9.17, 15) is 4.79 Å². The molecule has 0 saturated carbocycles. The first kappa shape index (κ1) is 7.93. The van der Waals surface area contributed by atoms with Crippen molar-refractivity contribution in [2.75, 3.05) is 5.43 Å². The monoisotopic (exact) mass is 194 g/mol. The topological polar surface area (TPSA) is 70.1 Å². The van der Waals surface area contributed by atoms with Gasteiger partial charge in [-0.1, -0.05) is 0 Å². The normalized spacial score (nSPS) is 10.2. The number of rotatable bonds is 2. The van der Waals surface area contributed by atoms with Gasteiger partial charge in [0, 0.05) is 6.72 Å². The fraction of sp³-hybridized carbons (Fsp3) is 0. The van der Waals surface area contributed by atoms with E-state index in [-0.39, 0.29) is 5.69 Å². The Kier molecular flexibility index (Phi) is 1.82. The highest BCUT2D eigenvalue weighted by atomic mass is 32.1. The number of anilines is 1. The Labute approximate surface area is 77.1 Å². The van der Waals surface area contributed by atoms with Crippen LogP contribution in [0.4, 0.5) is 5.82 Å². The van der Waals surface area contributed by atoms with Crippen molar-refractivity contribution in [3.63, 3.8) is 0 Å². The highest BCUT2D eigenvalue weighted by molar-refractivity contribution is 7.16. The molecule has 13 heavy (non-hydrogen) atoms. The molecule has 0 amide bonds. The van der Waals surface area contributed by atoms with E-state index in [1.165, 1.54) is 11.3 Å². The van der Waals surface area contributed by atoms with Crippen molar-refractivity contribution in [1.29, 1.82) is 0 Å². The lowest BCUT2D eigenvalue weighted by molar-refractivity contribution is 1.11. The van der Waals surface area contributed by atoms with Crippen LogP contribution < -0.4 is 11.1 Å². The summed E-state index contributed by atoms with van der Waals surface area (Å²) in [6.07, 6.45) is 0. The first-order chi connectivity index (χ1) is 6.31.